The van der Waals surface area contributed by atoms with Gasteiger partial charge in [-0.1, -0.05) is 18.5 Å². The number of halogens is 1. The van der Waals surface area contributed by atoms with Crippen molar-refractivity contribution in [3.05, 3.63) is 23.4 Å². The molecule has 2 aliphatic heterocycles. The number of rotatable bonds is 2. The fourth-order valence-electron chi connectivity index (χ4n) is 2.96. The first-order valence-corrected chi connectivity index (χ1v) is 6.28. The van der Waals surface area contributed by atoms with Gasteiger partial charge in [0.25, 0.3) is 0 Å². The van der Waals surface area contributed by atoms with Crippen molar-refractivity contribution in [2.75, 3.05) is 24.5 Å². The molecule has 16 heavy (non-hydrogen) atoms. The third-order valence-corrected chi connectivity index (χ3v) is 3.99. The lowest BCUT2D eigenvalue weighted by Crippen LogP contribution is -2.46. The van der Waals surface area contributed by atoms with Crippen molar-refractivity contribution in [2.24, 2.45) is 0 Å². The van der Waals surface area contributed by atoms with Crippen LogP contribution in [0.3, 0.4) is 0 Å². The second-order valence-corrected chi connectivity index (χ2v) is 5.05. The van der Waals surface area contributed by atoms with Crippen LogP contribution in [0.2, 0.25) is 5.02 Å². The Bertz CT molecular complexity index is 378. The fraction of sp³-hybridized carbons (Fsp3) is 0.583. The number of likely N-dealkylation sites (N-methyl/N-ethyl adjacent to an activating group) is 1. The number of anilines is 1. The maximum atomic E-state index is 5.85. The molecular formula is C12H16ClN3. The van der Waals surface area contributed by atoms with Crippen molar-refractivity contribution in [1.82, 2.24) is 9.88 Å². The van der Waals surface area contributed by atoms with E-state index in [1.54, 1.807) is 6.20 Å². The summed E-state index contributed by atoms with van der Waals surface area (Å²) < 4.78 is 0. The van der Waals surface area contributed by atoms with E-state index in [1.807, 2.05) is 12.1 Å². The number of piperazine rings is 1. The van der Waals surface area contributed by atoms with Gasteiger partial charge < -0.3 is 4.90 Å². The third-order valence-electron chi connectivity index (χ3n) is 3.77. The van der Waals surface area contributed by atoms with Gasteiger partial charge in [-0.2, -0.15) is 0 Å². The zero-order valence-corrected chi connectivity index (χ0v) is 10.2. The molecule has 1 aromatic rings. The molecule has 0 amide bonds. The minimum absolute atomic E-state index is 0.652. The summed E-state index contributed by atoms with van der Waals surface area (Å²) in [6, 6.07) is 5.33. The smallest absolute Gasteiger partial charge is 0.128 e. The molecule has 2 bridgehead atoms. The molecule has 2 aliphatic rings. The normalized spacial score (nSPS) is 29.0. The van der Waals surface area contributed by atoms with Crippen molar-refractivity contribution in [3.8, 4) is 0 Å². The average Bonchev–Trinajstić information content (AvgIpc) is 2.88. The summed E-state index contributed by atoms with van der Waals surface area (Å²) in [6.07, 6.45) is 3.03. The number of aromatic nitrogens is 1. The van der Waals surface area contributed by atoms with Crippen LogP contribution in [0.4, 0.5) is 5.82 Å². The van der Waals surface area contributed by atoms with E-state index in [1.165, 1.54) is 19.5 Å². The van der Waals surface area contributed by atoms with Crippen LogP contribution in [-0.4, -0.2) is 41.6 Å². The summed E-state index contributed by atoms with van der Waals surface area (Å²) >= 11 is 5.85. The summed E-state index contributed by atoms with van der Waals surface area (Å²) in [5.41, 5.74) is 0. The van der Waals surface area contributed by atoms with Gasteiger partial charge in [0.15, 0.2) is 0 Å². The Kier molecular flexibility index (Phi) is 2.52. The van der Waals surface area contributed by atoms with E-state index in [4.69, 9.17) is 11.6 Å². The first kappa shape index (κ1) is 10.4. The van der Waals surface area contributed by atoms with Gasteiger partial charge in [-0.25, -0.2) is 4.98 Å². The van der Waals surface area contributed by atoms with Gasteiger partial charge in [0.05, 0.1) is 5.02 Å². The molecule has 0 radical (unpaired) electrons. The van der Waals surface area contributed by atoms with Crippen molar-refractivity contribution < 1.29 is 0 Å². The summed E-state index contributed by atoms with van der Waals surface area (Å²) in [6.45, 7) is 5.72. The molecule has 1 aromatic heterocycles. The lowest BCUT2D eigenvalue weighted by atomic mass is 10.2. The summed E-state index contributed by atoms with van der Waals surface area (Å²) in [7, 11) is 0. The fourth-order valence-corrected chi connectivity index (χ4v) is 3.07. The van der Waals surface area contributed by atoms with Crippen LogP contribution in [0.15, 0.2) is 18.3 Å². The number of likely N-dealkylation sites (tertiary alicyclic amines) is 1. The van der Waals surface area contributed by atoms with E-state index in [0.717, 1.165) is 18.4 Å². The summed E-state index contributed by atoms with van der Waals surface area (Å²) in [5, 5.41) is 0.711. The van der Waals surface area contributed by atoms with Gasteiger partial charge in [0.1, 0.15) is 5.82 Å². The SMILES string of the molecule is CCN1C[C@@H]2C[C@H]1CN2c1ccc(Cl)cn1. The maximum Gasteiger partial charge on any atom is 0.128 e. The van der Waals surface area contributed by atoms with E-state index < -0.39 is 0 Å². The highest BCUT2D eigenvalue weighted by Crippen LogP contribution is 2.33. The molecular weight excluding hydrogens is 222 g/mol. The minimum Gasteiger partial charge on any atom is -0.351 e. The van der Waals surface area contributed by atoms with Gasteiger partial charge in [-0.3, -0.25) is 4.90 Å². The Morgan fingerprint density at radius 3 is 2.81 bits per heavy atom. The maximum absolute atomic E-state index is 5.85. The van der Waals surface area contributed by atoms with Crippen LogP contribution in [0, 0.1) is 0 Å². The number of hydrogen-bond acceptors (Lipinski definition) is 3. The van der Waals surface area contributed by atoms with Crippen LogP contribution >= 0.6 is 11.6 Å². The molecule has 86 valence electrons. The van der Waals surface area contributed by atoms with Gasteiger partial charge >= 0.3 is 0 Å². The van der Waals surface area contributed by atoms with Gasteiger partial charge in [-0.15, -0.1) is 0 Å². The Balaban J connectivity index is 1.77. The first-order valence-electron chi connectivity index (χ1n) is 5.90. The largest absolute Gasteiger partial charge is 0.351 e. The van der Waals surface area contributed by atoms with E-state index in [0.29, 0.717) is 11.1 Å². The molecule has 0 spiro atoms. The van der Waals surface area contributed by atoms with Crippen LogP contribution in [-0.2, 0) is 0 Å². The van der Waals surface area contributed by atoms with Gasteiger partial charge in [0.2, 0.25) is 0 Å². The van der Waals surface area contributed by atoms with E-state index in [-0.39, 0.29) is 0 Å². The van der Waals surface area contributed by atoms with Crippen LogP contribution < -0.4 is 4.90 Å². The summed E-state index contributed by atoms with van der Waals surface area (Å²) in [4.78, 5) is 9.40. The minimum atomic E-state index is 0.652. The molecule has 0 aliphatic carbocycles. The predicted molar refractivity (Wildman–Crippen MR) is 66.0 cm³/mol. The third kappa shape index (κ3) is 1.59. The zero-order chi connectivity index (χ0) is 11.1. The molecule has 0 N–H and O–H groups in total. The van der Waals surface area contributed by atoms with Crippen molar-refractivity contribution in [1.29, 1.82) is 0 Å². The van der Waals surface area contributed by atoms with Crippen molar-refractivity contribution in [3.63, 3.8) is 0 Å². The highest BCUT2D eigenvalue weighted by Gasteiger charge is 2.42. The Morgan fingerprint density at radius 1 is 1.38 bits per heavy atom. The molecule has 3 rings (SSSR count). The highest BCUT2D eigenvalue weighted by atomic mass is 35.5. The standard InChI is InChI=1S/C12H16ClN3/c1-2-15-7-11-5-10(15)8-16(11)12-4-3-9(13)6-14-12/h3-4,6,10-11H,2,5,7-8H2,1H3/t10-,11-/m0/s1. The highest BCUT2D eigenvalue weighted by molar-refractivity contribution is 6.30. The van der Waals surface area contributed by atoms with Crippen LogP contribution in [0.25, 0.3) is 0 Å². The molecule has 3 heterocycles. The zero-order valence-electron chi connectivity index (χ0n) is 9.43. The van der Waals surface area contributed by atoms with Gasteiger partial charge in [-0.05, 0) is 25.1 Å². The second kappa shape index (κ2) is 3.90. The number of nitrogens with zero attached hydrogens (tertiary/aromatic N) is 3. The molecule has 0 unspecified atom stereocenters. The van der Waals surface area contributed by atoms with E-state index in [9.17, 15) is 0 Å². The first-order chi connectivity index (χ1) is 7.78. The van der Waals surface area contributed by atoms with E-state index >= 15 is 0 Å². The Morgan fingerprint density at radius 2 is 2.25 bits per heavy atom. The Hall–Kier alpha value is -0.800. The molecule has 0 aromatic carbocycles. The molecule has 2 fully saturated rings. The van der Waals surface area contributed by atoms with Crippen LogP contribution in [0.5, 0.6) is 0 Å². The average molecular weight is 238 g/mol. The quantitative estimate of drug-likeness (QED) is 0.785. The monoisotopic (exact) mass is 237 g/mol. The molecule has 0 saturated carbocycles. The number of fused-ring (bicyclic) bond motifs is 2. The predicted octanol–water partition coefficient (Wildman–Crippen LogP) is 2.02. The van der Waals surface area contributed by atoms with E-state index in [2.05, 4.69) is 21.7 Å². The lowest BCUT2D eigenvalue weighted by molar-refractivity contribution is 0.251. The molecule has 2 saturated heterocycles. The van der Waals surface area contributed by atoms with Crippen LogP contribution in [0.1, 0.15) is 13.3 Å². The van der Waals surface area contributed by atoms with Gasteiger partial charge in [0, 0.05) is 31.4 Å². The number of pyridine rings is 1. The molecule has 4 heteroatoms. The molecule has 2 atom stereocenters. The number of hydrogen-bond donors (Lipinski definition) is 0. The second-order valence-electron chi connectivity index (χ2n) is 4.62. The topological polar surface area (TPSA) is 19.4 Å². The summed E-state index contributed by atoms with van der Waals surface area (Å²) in [5.74, 6) is 1.08. The molecule has 3 nitrogen and oxygen atoms in total. The van der Waals surface area contributed by atoms with Crippen molar-refractivity contribution in [2.45, 2.75) is 25.4 Å². The van der Waals surface area contributed by atoms with Crippen molar-refractivity contribution >= 4 is 17.4 Å². The Labute approximate surface area is 101 Å². The lowest BCUT2D eigenvalue weighted by Gasteiger charge is -2.34.